The number of hydrogen-bond acceptors (Lipinski definition) is 4. The summed E-state index contributed by atoms with van der Waals surface area (Å²) in [5, 5.41) is 7.48. The number of aromatic nitrogens is 1. The second-order valence-electron chi connectivity index (χ2n) is 4.42. The summed E-state index contributed by atoms with van der Waals surface area (Å²) in [5.74, 6) is 1.64. The highest BCUT2D eigenvalue weighted by Gasteiger charge is 2.21. The molecule has 1 N–H and O–H groups in total. The highest BCUT2D eigenvalue weighted by atomic mass is 16.5. The van der Waals surface area contributed by atoms with Gasteiger partial charge in [-0.3, -0.25) is 0 Å². The van der Waals surface area contributed by atoms with E-state index in [2.05, 4.69) is 10.5 Å². The van der Waals surface area contributed by atoms with Gasteiger partial charge in [0, 0.05) is 17.7 Å². The Morgan fingerprint density at radius 1 is 1.28 bits per heavy atom. The van der Waals surface area contributed by atoms with Crippen molar-refractivity contribution in [2.75, 3.05) is 19.0 Å². The Hall–Kier alpha value is -1.97. The van der Waals surface area contributed by atoms with Gasteiger partial charge in [-0.1, -0.05) is 17.3 Å². The van der Waals surface area contributed by atoms with Crippen molar-refractivity contribution in [3.05, 3.63) is 29.8 Å². The van der Waals surface area contributed by atoms with Crippen LogP contribution in [0.1, 0.15) is 18.4 Å². The molecule has 0 amide bonds. The van der Waals surface area contributed by atoms with Crippen LogP contribution in [0.3, 0.4) is 0 Å². The fourth-order valence-corrected chi connectivity index (χ4v) is 2.36. The van der Waals surface area contributed by atoms with Crippen LogP contribution in [-0.2, 0) is 6.42 Å². The van der Waals surface area contributed by atoms with Crippen LogP contribution < -0.4 is 10.1 Å². The molecule has 1 aromatic heterocycles. The smallest absolute Gasteiger partial charge is 0.228 e. The Labute approximate surface area is 106 Å². The molecule has 0 saturated carbocycles. The molecular formula is C14H16N2O2. The van der Waals surface area contributed by atoms with Crippen LogP contribution in [-0.4, -0.2) is 18.8 Å². The molecule has 0 atom stereocenters. The van der Waals surface area contributed by atoms with Crippen molar-refractivity contribution in [2.24, 2.45) is 0 Å². The average Bonchev–Trinajstić information content (AvgIpc) is 2.67. The lowest BCUT2D eigenvalue weighted by Gasteiger charge is -2.06. The molecule has 0 radical (unpaired) electrons. The molecule has 0 unspecified atom stereocenters. The minimum Gasteiger partial charge on any atom is -0.496 e. The third-order valence-electron chi connectivity index (χ3n) is 3.29. The third kappa shape index (κ3) is 1.83. The number of ether oxygens (including phenoxy) is 1. The number of anilines is 1. The average molecular weight is 244 g/mol. The predicted molar refractivity (Wildman–Crippen MR) is 69.9 cm³/mol. The molecular weight excluding hydrogens is 228 g/mol. The SMILES string of the molecule is COc1ccccc1-c1noc2c1CCCCN2. The predicted octanol–water partition coefficient (Wildman–Crippen LogP) is 3.10. The van der Waals surface area contributed by atoms with Crippen molar-refractivity contribution in [2.45, 2.75) is 19.3 Å². The van der Waals surface area contributed by atoms with Gasteiger partial charge in [-0.25, -0.2) is 0 Å². The molecule has 18 heavy (non-hydrogen) atoms. The van der Waals surface area contributed by atoms with Crippen LogP contribution in [0.5, 0.6) is 5.75 Å². The first-order valence-electron chi connectivity index (χ1n) is 6.26. The zero-order valence-corrected chi connectivity index (χ0v) is 10.4. The van der Waals surface area contributed by atoms with E-state index in [9.17, 15) is 0 Å². The van der Waals surface area contributed by atoms with Crippen molar-refractivity contribution < 1.29 is 9.26 Å². The summed E-state index contributed by atoms with van der Waals surface area (Å²) >= 11 is 0. The molecule has 0 bridgehead atoms. The summed E-state index contributed by atoms with van der Waals surface area (Å²) in [5.41, 5.74) is 3.06. The van der Waals surface area contributed by atoms with Crippen molar-refractivity contribution in [3.8, 4) is 17.0 Å². The monoisotopic (exact) mass is 244 g/mol. The van der Waals surface area contributed by atoms with Crippen molar-refractivity contribution in [1.29, 1.82) is 0 Å². The molecule has 2 aromatic rings. The van der Waals surface area contributed by atoms with Gasteiger partial charge in [0.1, 0.15) is 11.4 Å². The second-order valence-corrected chi connectivity index (χ2v) is 4.42. The van der Waals surface area contributed by atoms with Gasteiger partial charge < -0.3 is 14.6 Å². The number of fused-ring (bicyclic) bond motifs is 1. The van der Waals surface area contributed by atoms with E-state index >= 15 is 0 Å². The molecule has 3 rings (SSSR count). The first kappa shape index (κ1) is 11.1. The van der Waals surface area contributed by atoms with Crippen LogP contribution in [0, 0.1) is 0 Å². The van der Waals surface area contributed by atoms with E-state index in [1.165, 1.54) is 0 Å². The first-order chi connectivity index (χ1) is 8.90. The number of benzene rings is 1. The fourth-order valence-electron chi connectivity index (χ4n) is 2.36. The van der Waals surface area contributed by atoms with E-state index < -0.39 is 0 Å². The zero-order chi connectivity index (χ0) is 12.4. The van der Waals surface area contributed by atoms with Gasteiger partial charge in [-0.05, 0) is 31.4 Å². The van der Waals surface area contributed by atoms with E-state index in [1.54, 1.807) is 7.11 Å². The molecule has 1 aliphatic heterocycles. The van der Waals surface area contributed by atoms with Gasteiger partial charge in [0.05, 0.1) is 7.11 Å². The number of methoxy groups -OCH3 is 1. The van der Waals surface area contributed by atoms with E-state index in [0.29, 0.717) is 0 Å². The quantitative estimate of drug-likeness (QED) is 0.881. The topological polar surface area (TPSA) is 47.3 Å². The number of nitrogens with one attached hydrogen (secondary N) is 1. The molecule has 0 saturated heterocycles. The van der Waals surface area contributed by atoms with Crippen LogP contribution in [0.4, 0.5) is 5.88 Å². The molecule has 1 aliphatic rings. The summed E-state index contributed by atoms with van der Waals surface area (Å²) in [6, 6.07) is 7.91. The Kier molecular flexibility index (Phi) is 2.92. The van der Waals surface area contributed by atoms with Crippen molar-refractivity contribution in [3.63, 3.8) is 0 Å². The maximum Gasteiger partial charge on any atom is 0.228 e. The lowest BCUT2D eigenvalue weighted by Crippen LogP contribution is -1.97. The highest BCUT2D eigenvalue weighted by molar-refractivity contribution is 5.73. The standard InChI is InChI=1S/C14H16N2O2/c1-17-12-8-3-2-6-10(12)13-11-7-4-5-9-15-14(11)18-16-13/h2-3,6,8,15H,4-5,7,9H2,1H3. The second kappa shape index (κ2) is 4.72. The van der Waals surface area contributed by atoms with E-state index in [4.69, 9.17) is 9.26 Å². The lowest BCUT2D eigenvalue weighted by atomic mass is 10.0. The van der Waals surface area contributed by atoms with Gasteiger partial charge in [0.2, 0.25) is 5.88 Å². The molecule has 2 heterocycles. The van der Waals surface area contributed by atoms with Crippen molar-refractivity contribution in [1.82, 2.24) is 5.16 Å². The van der Waals surface area contributed by atoms with Gasteiger partial charge in [0.25, 0.3) is 0 Å². The minimum atomic E-state index is 0.813. The van der Waals surface area contributed by atoms with Crippen LogP contribution in [0.2, 0.25) is 0 Å². The summed E-state index contributed by atoms with van der Waals surface area (Å²) in [7, 11) is 1.68. The van der Waals surface area contributed by atoms with Gasteiger partial charge >= 0.3 is 0 Å². The largest absolute Gasteiger partial charge is 0.496 e. The normalized spacial score (nSPS) is 14.5. The first-order valence-corrected chi connectivity index (χ1v) is 6.26. The third-order valence-corrected chi connectivity index (χ3v) is 3.29. The molecule has 94 valence electrons. The fraction of sp³-hybridized carbons (Fsp3) is 0.357. The molecule has 0 spiro atoms. The van der Waals surface area contributed by atoms with Crippen LogP contribution >= 0.6 is 0 Å². The maximum atomic E-state index is 5.40. The molecule has 0 fully saturated rings. The minimum absolute atomic E-state index is 0.813. The molecule has 4 heteroatoms. The Morgan fingerprint density at radius 2 is 2.17 bits per heavy atom. The zero-order valence-electron chi connectivity index (χ0n) is 10.4. The van der Waals surface area contributed by atoms with Gasteiger partial charge in [-0.15, -0.1) is 0 Å². The number of para-hydroxylation sites is 1. The summed E-state index contributed by atoms with van der Waals surface area (Å²) in [4.78, 5) is 0. The van der Waals surface area contributed by atoms with E-state index in [0.717, 1.165) is 54.3 Å². The van der Waals surface area contributed by atoms with E-state index in [-0.39, 0.29) is 0 Å². The Bertz CT molecular complexity index is 548. The number of rotatable bonds is 2. The lowest BCUT2D eigenvalue weighted by molar-refractivity contribution is 0.413. The highest BCUT2D eigenvalue weighted by Crippen LogP contribution is 2.36. The number of nitrogens with zero attached hydrogens (tertiary/aromatic N) is 1. The molecule has 0 aliphatic carbocycles. The summed E-state index contributed by atoms with van der Waals surface area (Å²) in [6.07, 6.45) is 3.32. The number of hydrogen-bond donors (Lipinski definition) is 1. The molecule has 4 nitrogen and oxygen atoms in total. The van der Waals surface area contributed by atoms with Gasteiger partial charge in [0.15, 0.2) is 0 Å². The molecule has 1 aromatic carbocycles. The summed E-state index contributed by atoms with van der Waals surface area (Å²) in [6.45, 7) is 0.952. The van der Waals surface area contributed by atoms with Crippen LogP contribution in [0.25, 0.3) is 11.3 Å². The summed E-state index contributed by atoms with van der Waals surface area (Å²) < 4.78 is 10.8. The van der Waals surface area contributed by atoms with Gasteiger partial charge in [-0.2, -0.15) is 0 Å². The van der Waals surface area contributed by atoms with Crippen molar-refractivity contribution >= 4 is 5.88 Å². The Morgan fingerprint density at radius 3 is 3.06 bits per heavy atom. The Balaban J connectivity index is 2.09. The van der Waals surface area contributed by atoms with Crippen LogP contribution in [0.15, 0.2) is 28.8 Å². The van der Waals surface area contributed by atoms with E-state index in [1.807, 2.05) is 24.3 Å². The maximum absolute atomic E-state index is 5.40.